The zero-order valence-corrected chi connectivity index (χ0v) is 10.4. The maximum Gasteiger partial charge on any atom is 0.556 e. The van der Waals surface area contributed by atoms with E-state index < -0.39 is 8.03 Å². The summed E-state index contributed by atoms with van der Waals surface area (Å²) in [6, 6.07) is 7.57. The monoisotopic (exact) mass is 248 g/mol. The van der Waals surface area contributed by atoms with Crippen LogP contribution in [0.15, 0.2) is 43.1 Å². The molecule has 1 aromatic carbocycles. The molecule has 2 rings (SSSR count). The van der Waals surface area contributed by atoms with Gasteiger partial charge in [-0.2, -0.15) is 0 Å². The highest BCUT2D eigenvalue weighted by molar-refractivity contribution is 7.49. The number of hydrogen-bond acceptors (Lipinski definition) is 3. The molecule has 0 saturated carbocycles. The topological polar surface area (TPSA) is 43.1 Å². The van der Waals surface area contributed by atoms with Gasteiger partial charge in [0.1, 0.15) is 12.1 Å². The summed E-state index contributed by atoms with van der Waals surface area (Å²) in [6.45, 7) is 3.81. The van der Waals surface area contributed by atoms with E-state index in [4.69, 9.17) is 4.52 Å². The first-order valence-electron chi connectivity index (χ1n) is 5.19. The molecule has 0 aliphatic heterocycles. The van der Waals surface area contributed by atoms with Crippen LogP contribution in [0.4, 0.5) is 0 Å². The minimum Gasteiger partial charge on any atom is -0.137 e. The summed E-state index contributed by atoms with van der Waals surface area (Å²) < 4.78 is 18.8. The third kappa shape index (κ3) is 2.54. The molecule has 0 saturated heterocycles. The lowest BCUT2D eigenvalue weighted by Gasteiger charge is -1.94. The molecular formula is C12H13N2O2P+2. The summed E-state index contributed by atoms with van der Waals surface area (Å²) in [7, 11) is -0.0814. The summed E-state index contributed by atoms with van der Waals surface area (Å²) in [6.07, 6.45) is 3.31. The quantitative estimate of drug-likeness (QED) is 0.469. The van der Waals surface area contributed by atoms with Crippen molar-refractivity contribution in [2.24, 2.45) is 7.05 Å². The van der Waals surface area contributed by atoms with E-state index in [0.29, 0.717) is 5.30 Å². The fourth-order valence-electron chi connectivity index (χ4n) is 1.56. The summed E-state index contributed by atoms with van der Waals surface area (Å²) >= 11 is 0. The van der Waals surface area contributed by atoms with Crippen LogP contribution < -0.4 is 9.99 Å². The first-order valence-corrected chi connectivity index (χ1v) is 6.37. The third-order valence-corrected chi connectivity index (χ3v) is 3.39. The van der Waals surface area contributed by atoms with Gasteiger partial charge >= 0.3 is 8.03 Å². The Morgan fingerprint density at radius 3 is 3.06 bits per heavy atom. The van der Waals surface area contributed by atoms with Crippen LogP contribution >= 0.6 is 8.03 Å². The lowest BCUT2D eigenvalue weighted by Crippen LogP contribution is -2.35. The number of aromatic nitrogens is 2. The lowest BCUT2D eigenvalue weighted by molar-refractivity contribution is -0.727. The van der Waals surface area contributed by atoms with Crippen LogP contribution in [0.5, 0.6) is 0 Å². The van der Waals surface area contributed by atoms with E-state index in [0.717, 1.165) is 10.9 Å². The average Bonchev–Trinajstić information content (AvgIpc) is 2.34. The van der Waals surface area contributed by atoms with E-state index in [1.165, 1.54) is 0 Å². The van der Waals surface area contributed by atoms with E-state index in [1.807, 2.05) is 24.3 Å². The number of nitrogens with zero attached hydrogens (tertiary/aromatic N) is 2. The number of hydrogen-bond donors (Lipinski definition) is 0. The van der Waals surface area contributed by atoms with Crippen LogP contribution in [0.25, 0.3) is 10.9 Å². The highest BCUT2D eigenvalue weighted by atomic mass is 31.1. The van der Waals surface area contributed by atoms with Gasteiger partial charge in [0.15, 0.2) is 7.05 Å². The average molecular weight is 248 g/mol. The Morgan fingerprint density at radius 2 is 2.29 bits per heavy atom. The second kappa shape index (κ2) is 5.13. The molecule has 0 aliphatic carbocycles. The van der Waals surface area contributed by atoms with Gasteiger partial charge in [0.2, 0.25) is 0 Å². The molecule has 0 radical (unpaired) electrons. The molecule has 1 atom stereocenters. The van der Waals surface area contributed by atoms with Gasteiger partial charge in [-0.3, -0.25) is 0 Å². The minimum atomic E-state index is -1.88. The second-order valence-electron chi connectivity index (χ2n) is 3.55. The lowest BCUT2D eigenvalue weighted by atomic mass is 10.2. The predicted molar refractivity (Wildman–Crippen MR) is 66.3 cm³/mol. The van der Waals surface area contributed by atoms with Crippen molar-refractivity contribution in [1.29, 1.82) is 0 Å². The van der Waals surface area contributed by atoms with Crippen molar-refractivity contribution in [1.82, 2.24) is 5.10 Å². The molecular weight excluding hydrogens is 235 g/mol. The van der Waals surface area contributed by atoms with Gasteiger partial charge in [0.25, 0.3) is 11.5 Å². The number of benzene rings is 1. The van der Waals surface area contributed by atoms with Gasteiger partial charge in [0.05, 0.1) is 5.39 Å². The largest absolute Gasteiger partial charge is 0.556 e. The molecule has 17 heavy (non-hydrogen) atoms. The smallest absolute Gasteiger partial charge is 0.137 e. The van der Waals surface area contributed by atoms with E-state index in [2.05, 4.69) is 11.7 Å². The van der Waals surface area contributed by atoms with Crippen molar-refractivity contribution in [2.75, 3.05) is 6.61 Å². The molecule has 5 heteroatoms. The number of fused-ring (bicyclic) bond motifs is 1. The van der Waals surface area contributed by atoms with E-state index >= 15 is 0 Å². The van der Waals surface area contributed by atoms with Crippen molar-refractivity contribution in [3.8, 4) is 0 Å². The molecule has 86 valence electrons. The van der Waals surface area contributed by atoms with E-state index in [-0.39, 0.29) is 6.61 Å². The zero-order valence-electron chi connectivity index (χ0n) is 9.54. The highest BCUT2D eigenvalue weighted by Gasteiger charge is 2.29. The maximum atomic E-state index is 12.0. The van der Waals surface area contributed by atoms with Crippen LogP contribution in [-0.4, -0.2) is 11.7 Å². The van der Waals surface area contributed by atoms with Crippen molar-refractivity contribution in [3.63, 3.8) is 0 Å². The molecule has 0 aliphatic rings. The van der Waals surface area contributed by atoms with Gasteiger partial charge < -0.3 is 0 Å². The van der Waals surface area contributed by atoms with Gasteiger partial charge in [-0.1, -0.05) is 22.9 Å². The number of rotatable bonds is 4. The Morgan fingerprint density at radius 1 is 1.53 bits per heavy atom. The summed E-state index contributed by atoms with van der Waals surface area (Å²) in [5, 5.41) is 5.83. The van der Waals surface area contributed by atoms with Gasteiger partial charge in [0, 0.05) is 5.10 Å². The predicted octanol–water partition coefficient (Wildman–Crippen LogP) is 1.63. The van der Waals surface area contributed by atoms with Crippen molar-refractivity contribution >= 4 is 24.2 Å². The molecule has 1 unspecified atom stereocenters. The fraction of sp³-hybridized carbons (Fsp3) is 0.167. The normalized spacial score (nSPS) is 11.5. The molecule has 1 heterocycles. The molecule has 0 bridgehead atoms. The summed E-state index contributed by atoms with van der Waals surface area (Å²) in [5.74, 6) is 0. The Bertz CT molecular complexity index is 584. The van der Waals surface area contributed by atoms with Gasteiger partial charge in [-0.15, -0.1) is 11.1 Å². The molecule has 0 fully saturated rings. The molecule has 4 nitrogen and oxygen atoms in total. The van der Waals surface area contributed by atoms with Crippen LogP contribution in [0.3, 0.4) is 0 Å². The van der Waals surface area contributed by atoms with Crippen molar-refractivity contribution in [2.45, 2.75) is 0 Å². The van der Waals surface area contributed by atoms with Crippen LogP contribution in [0.2, 0.25) is 0 Å². The molecule has 0 spiro atoms. The number of aryl methyl sites for hydroxylation is 1. The SMILES string of the molecule is C=CCO[P+](=O)c1c[n+](C)nc2ccccc12. The first-order chi connectivity index (χ1) is 8.22. The van der Waals surface area contributed by atoms with Crippen molar-refractivity contribution in [3.05, 3.63) is 43.1 Å². The Kier molecular flexibility index (Phi) is 3.57. The molecule has 0 amide bonds. The minimum absolute atomic E-state index is 0.273. The van der Waals surface area contributed by atoms with Crippen LogP contribution in [0, 0.1) is 0 Å². The van der Waals surface area contributed by atoms with Crippen LogP contribution in [0.1, 0.15) is 0 Å². The second-order valence-corrected chi connectivity index (χ2v) is 4.80. The summed E-state index contributed by atoms with van der Waals surface area (Å²) in [4.78, 5) is 0. The first kappa shape index (κ1) is 11.8. The Labute approximate surface area is 100 Å². The molecule has 1 aromatic heterocycles. The maximum absolute atomic E-state index is 12.0. The third-order valence-electron chi connectivity index (χ3n) is 2.26. The highest BCUT2D eigenvalue weighted by Crippen LogP contribution is 2.24. The fourth-order valence-corrected chi connectivity index (χ4v) is 2.59. The summed E-state index contributed by atoms with van der Waals surface area (Å²) in [5.41, 5.74) is 0.804. The van der Waals surface area contributed by atoms with E-state index in [1.54, 1.807) is 24.0 Å². The van der Waals surface area contributed by atoms with Crippen molar-refractivity contribution < 1.29 is 13.8 Å². The van der Waals surface area contributed by atoms with Gasteiger partial charge in [-0.25, -0.2) is 0 Å². The standard InChI is InChI=1S/C12H13N2O2P/c1-3-8-16-17(15)12-9-14(2)13-11-7-5-4-6-10(11)12/h3-7,9H,1,8H2,2H3/q+2. The zero-order chi connectivity index (χ0) is 12.3. The van der Waals surface area contributed by atoms with Gasteiger partial charge in [-0.05, 0) is 16.7 Å². The molecule has 2 aromatic rings. The van der Waals surface area contributed by atoms with E-state index in [9.17, 15) is 4.57 Å². The van der Waals surface area contributed by atoms with Crippen LogP contribution in [-0.2, 0) is 16.1 Å². The Balaban J connectivity index is 2.51. The Hall–Kier alpha value is -1.64. The molecule has 0 N–H and O–H groups in total.